The Labute approximate surface area is 101 Å². The molecule has 17 heavy (non-hydrogen) atoms. The van der Waals surface area contributed by atoms with Gasteiger partial charge in [0.15, 0.2) is 5.82 Å². The van der Waals surface area contributed by atoms with Crippen LogP contribution in [0.1, 0.15) is 24.8 Å². The van der Waals surface area contributed by atoms with E-state index >= 15 is 0 Å². The van der Waals surface area contributed by atoms with Crippen molar-refractivity contribution >= 4 is 17.8 Å². The Bertz CT molecular complexity index is 437. The third-order valence-corrected chi connectivity index (χ3v) is 2.80. The van der Waals surface area contributed by atoms with Gasteiger partial charge in [-0.15, -0.1) is 0 Å². The summed E-state index contributed by atoms with van der Waals surface area (Å²) in [6.07, 6.45) is 7.93. The zero-order valence-electron chi connectivity index (χ0n) is 10.2. The number of piperidine rings is 1. The summed E-state index contributed by atoms with van der Waals surface area (Å²) in [6, 6.07) is 0. The fraction of sp³-hybridized carbons (Fsp3) is 0.500. The highest BCUT2D eigenvalue weighted by Gasteiger charge is 2.23. The van der Waals surface area contributed by atoms with E-state index in [1.54, 1.807) is 23.0 Å². The van der Waals surface area contributed by atoms with Crippen LogP contribution in [-0.2, 0) is 16.6 Å². The van der Waals surface area contributed by atoms with Gasteiger partial charge in [-0.1, -0.05) is 0 Å². The van der Waals surface area contributed by atoms with Crippen LogP contribution in [0.5, 0.6) is 0 Å². The van der Waals surface area contributed by atoms with Crippen molar-refractivity contribution in [3.63, 3.8) is 0 Å². The number of nitrogens with zero attached hydrogens (tertiary/aromatic N) is 3. The summed E-state index contributed by atoms with van der Waals surface area (Å²) >= 11 is 0. The van der Waals surface area contributed by atoms with Gasteiger partial charge < -0.3 is 4.74 Å². The second-order valence-electron chi connectivity index (χ2n) is 4.12. The highest BCUT2D eigenvalue weighted by molar-refractivity contribution is 5.94. The second kappa shape index (κ2) is 5.03. The maximum absolute atomic E-state index is 11.9. The zero-order chi connectivity index (χ0) is 12.3. The standard InChI is InChI=1S/C12H17N3O2/c1-14-9-10(6-8-17-2)12(13-14)15-7-4-3-5-11(15)16/h6,8-9H,3-5,7H2,1-2H3. The van der Waals surface area contributed by atoms with Gasteiger partial charge in [0.25, 0.3) is 0 Å². The van der Waals surface area contributed by atoms with Crippen LogP contribution in [0.4, 0.5) is 5.82 Å². The van der Waals surface area contributed by atoms with Gasteiger partial charge in [-0.3, -0.25) is 14.4 Å². The summed E-state index contributed by atoms with van der Waals surface area (Å²) in [5.74, 6) is 0.882. The zero-order valence-corrected chi connectivity index (χ0v) is 10.2. The SMILES string of the molecule is COC=Cc1cn(C)nc1N1CCCCC1=O. The number of amides is 1. The Hall–Kier alpha value is -1.78. The number of carbonyl (C=O) groups is 1. The predicted molar refractivity (Wildman–Crippen MR) is 65.5 cm³/mol. The number of anilines is 1. The molecule has 1 aromatic heterocycles. The van der Waals surface area contributed by atoms with E-state index in [0.29, 0.717) is 6.42 Å². The van der Waals surface area contributed by atoms with Gasteiger partial charge in [0, 0.05) is 31.8 Å². The summed E-state index contributed by atoms with van der Waals surface area (Å²) in [6.45, 7) is 0.754. The molecule has 1 saturated heterocycles. The van der Waals surface area contributed by atoms with Crippen LogP contribution in [0.15, 0.2) is 12.5 Å². The lowest BCUT2D eigenvalue weighted by Crippen LogP contribution is -2.36. The van der Waals surface area contributed by atoms with Crippen molar-refractivity contribution in [2.75, 3.05) is 18.6 Å². The minimum atomic E-state index is 0.155. The molecule has 5 heteroatoms. The Kier molecular flexibility index (Phi) is 3.46. The molecule has 1 aliphatic heterocycles. The minimum absolute atomic E-state index is 0.155. The molecule has 1 aromatic rings. The van der Waals surface area contributed by atoms with Crippen LogP contribution >= 0.6 is 0 Å². The monoisotopic (exact) mass is 235 g/mol. The highest BCUT2D eigenvalue weighted by Crippen LogP contribution is 2.24. The van der Waals surface area contributed by atoms with Gasteiger partial charge in [0.2, 0.25) is 5.91 Å². The average Bonchev–Trinajstić information content (AvgIpc) is 2.68. The molecule has 1 aliphatic rings. The Morgan fingerprint density at radius 2 is 2.29 bits per heavy atom. The Morgan fingerprint density at radius 3 is 3.00 bits per heavy atom. The van der Waals surface area contributed by atoms with Crippen LogP contribution in [0.2, 0.25) is 0 Å². The van der Waals surface area contributed by atoms with E-state index in [4.69, 9.17) is 4.74 Å². The molecular formula is C12H17N3O2. The Morgan fingerprint density at radius 1 is 1.47 bits per heavy atom. The van der Waals surface area contributed by atoms with E-state index in [1.165, 1.54) is 0 Å². The molecule has 1 fully saturated rings. The maximum atomic E-state index is 11.9. The van der Waals surface area contributed by atoms with Crippen molar-refractivity contribution in [3.8, 4) is 0 Å². The molecular weight excluding hydrogens is 218 g/mol. The van der Waals surface area contributed by atoms with Crippen LogP contribution in [0, 0.1) is 0 Å². The number of aryl methyl sites for hydroxylation is 1. The fourth-order valence-corrected chi connectivity index (χ4v) is 1.99. The van der Waals surface area contributed by atoms with E-state index in [0.717, 1.165) is 30.8 Å². The molecule has 92 valence electrons. The number of ether oxygens (including phenoxy) is 1. The van der Waals surface area contributed by atoms with Crippen molar-refractivity contribution < 1.29 is 9.53 Å². The van der Waals surface area contributed by atoms with E-state index in [9.17, 15) is 4.79 Å². The van der Waals surface area contributed by atoms with Crippen LogP contribution in [0.3, 0.4) is 0 Å². The van der Waals surface area contributed by atoms with E-state index in [2.05, 4.69) is 5.10 Å². The number of rotatable bonds is 3. The van der Waals surface area contributed by atoms with Gasteiger partial charge in [0.05, 0.1) is 13.4 Å². The lowest BCUT2D eigenvalue weighted by molar-refractivity contribution is -0.119. The van der Waals surface area contributed by atoms with Gasteiger partial charge in [0.1, 0.15) is 0 Å². The van der Waals surface area contributed by atoms with E-state index in [1.807, 2.05) is 19.3 Å². The fourth-order valence-electron chi connectivity index (χ4n) is 1.99. The smallest absolute Gasteiger partial charge is 0.228 e. The molecule has 0 N–H and O–H groups in total. The quantitative estimate of drug-likeness (QED) is 0.747. The molecule has 2 heterocycles. The molecule has 0 spiro atoms. The average molecular weight is 235 g/mol. The number of carbonyl (C=O) groups excluding carboxylic acids is 1. The molecule has 0 atom stereocenters. The first kappa shape index (κ1) is 11.7. The summed E-state index contributed by atoms with van der Waals surface area (Å²) < 4.78 is 6.62. The summed E-state index contributed by atoms with van der Waals surface area (Å²) in [4.78, 5) is 13.6. The number of aromatic nitrogens is 2. The molecule has 0 unspecified atom stereocenters. The van der Waals surface area contributed by atoms with Gasteiger partial charge in [-0.2, -0.15) is 5.10 Å². The molecule has 0 aromatic carbocycles. The highest BCUT2D eigenvalue weighted by atomic mass is 16.5. The van der Waals surface area contributed by atoms with Crippen molar-refractivity contribution in [2.45, 2.75) is 19.3 Å². The third-order valence-electron chi connectivity index (χ3n) is 2.80. The Balaban J connectivity index is 2.29. The normalized spacial score (nSPS) is 16.8. The summed E-state index contributed by atoms with van der Waals surface area (Å²) in [7, 11) is 3.45. The minimum Gasteiger partial charge on any atom is -0.504 e. The first-order valence-corrected chi connectivity index (χ1v) is 5.75. The number of hydrogen-bond donors (Lipinski definition) is 0. The third kappa shape index (κ3) is 2.49. The lowest BCUT2D eigenvalue weighted by atomic mass is 10.1. The van der Waals surface area contributed by atoms with Crippen LogP contribution in [0.25, 0.3) is 6.08 Å². The second-order valence-corrected chi connectivity index (χ2v) is 4.12. The number of hydrogen-bond acceptors (Lipinski definition) is 3. The number of methoxy groups -OCH3 is 1. The molecule has 2 rings (SSSR count). The predicted octanol–water partition coefficient (Wildman–Crippen LogP) is 1.55. The molecule has 1 amide bonds. The maximum Gasteiger partial charge on any atom is 0.228 e. The first-order valence-electron chi connectivity index (χ1n) is 5.75. The van der Waals surface area contributed by atoms with Gasteiger partial charge in [-0.25, -0.2) is 0 Å². The largest absolute Gasteiger partial charge is 0.504 e. The molecule has 0 aliphatic carbocycles. The van der Waals surface area contributed by atoms with Crippen molar-refractivity contribution in [1.82, 2.24) is 9.78 Å². The van der Waals surface area contributed by atoms with Crippen molar-refractivity contribution in [2.24, 2.45) is 7.05 Å². The molecule has 5 nitrogen and oxygen atoms in total. The molecule has 0 saturated carbocycles. The van der Waals surface area contributed by atoms with Crippen LogP contribution in [-0.4, -0.2) is 29.3 Å². The molecule has 0 radical (unpaired) electrons. The summed E-state index contributed by atoms with van der Waals surface area (Å²) in [5, 5.41) is 4.35. The van der Waals surface area contributed by atoms with Gasteiger partial charge in [-0.05, 0) is 18.9 Å². The first-order chi connectivity index (χ1) is 8.22. The summed E-state index contributed by atoms with van der Waals surface area (Å²) in [5.41, 5.74) is 0.907. The van der Waals surface area contributed by atoms with Gasteiger partial charge >= 0.3 is 0 Å². The van der Waals surface area contributed by atoms with E-state index in [-0.39, 0.29) is 5.91 Å². The van der Waals surface area contributed by atoms with Crippen LogP contribution < -0.4 is 4.90 Å². The van der Waals surface area contributed by atoms with Crippen molar-refractivity contribution in [3.05, 3.63) is 18.0 Å². The van der Waals surface area contributed by atoms with E-state index < -0.39 is 0 Å². The van der Waals surface area contributed by atoms with Crippen molar-refractivity contribution in [1.29, 1.82) is 0 Å². The lowest BCUT2D eigenvalue weighted by Gasteiger charge is -2.25. The topological polar surface area (TPSA) is 47.4 Å². The molecule has 0 bridgehead atoms.